The summed E-state index contributed by atoms with van der Waals surface area (Å²) in [5.74, 6) is -0.0943. The maximum absolute atomic E-state index is 12.2. The first-order valence-corrected chi connectivity index (χ1v) is 7.01. The maximum Gasteiger partial charge on any atom is 0.245 e. The Kier molecular flexibility index (Phi) is 3.56. The average Bonchev–Trinajstić information content (AvgIpc) is 2.93. The van der Waals surface area contributed by atoms with Crippen molar-refractivity contribution in [3.63, 3.8) is 0 Å². The summed E-state index contributed by atoms with van der Waals surface area (Å²) < 4.78 is 0. The molecule has 5 nitrogen and oxygen atoms in total. The van der Waals surface area contributed by atoms with E-state index in [1.54, 1.807) is 18.1 Å². The number of hydrogen-bond donors (Lipinski definition) is 1. The third kappa shape index (κ3) is 2.86. The first kappa shape index (κ1) is 13.5. The number of amides is 2. The van der Waals surface area contributed by atoms with Crippen LogP contribution in [0.3, 0.4) is 0 Å². The van der Waals surface area contributed by atoms with E-state index in [9.17, 15) is 9.59 Å². The molecule has 2 aromatic rings. The third-order valence-corrected chi connectivity index (χ3v) is 3.74. The van der Waals surface area contributed by atoms with Gasteiger partial charge < -0.3 is 10.2 Å². The molecule has 1 aromatic carbocycles. The Labute approximate surface area is 123 Å². The van der Waals surface area contributed by atoms with Crippen LogP contribution in [0.2, 0.25) is 0 Å². The zero-order chi connectivity index (χ0) is 14.8. The molecule has 21 heavy (non-hydrogen) atoms. The van der Waals surface area contributed by atoms with Gasteiger partial charge in [-0.05, 0) is 24.1 Å². The van der Waals surface area contributed by atoms with Crippen molar-refractivity contribution in [3.05, 3.63) is 42.1 Å². The normalized spacial score (nSPS) is 17.8. The lowest BCUT2D eigenvalue weighted by Crippen LogP contribution is -2.42. The predicted molar refractivity (Wildman–Crippen MR) is 79.4 cm³/mol. The van der Waals surface area contributed by atoms with Crippen molar-refractivity contribution in [2.45, 2.75) is 25.4 Å². The summed E-state index contributed by atoms with van der Waals surface area (Å²) in [5.41, 5.74) is 1.92. The number of rotatable bonds is 3. The van der Waals surface area contributed by atoms with Crippen molar-refractivity contribution in [3.8, 4) is 0 Å². The highest BCUT2D eigenvalue weighted by atomic mass is 16.2. The molecule has 2 heterocycles. The molecule has 1 aliphatic heterocycles. The molecule has 0 bridgehead atoms. The lowest BCUT2D eigenvalue weighted by atomic mass is 10.1. The Morgan fingerprint density at radius 1 is 1.43 bits per heavy atom. The van der Waals surface area contributed by atoms with Crippen LogP contribution in [0.15, 0.2) is 36.5 Å². The molecule has 3 rings (SSSR count). The molecule has 108 valence electrons. The number of pyridine rings is 1. The third-order valence-electron chi connectivity index (χ3n) is 3.74. The molecular weight excluding hydrogens is 266 g/mol. The number of aromatic nitrogens is 1. The Bertz CT molecular complexity index is 699. The summed E-state index contributed by atoms with van der Waals surface area (Å²) in [6, 6.07) is 9.55. The molecule has 1 fully saturated rings. The number of nitrogens with zero attached hydrogens (tertiary/aromatic N) is 2. The summed E-state index contributed by atoms with van der Waals surface area (Å²) in [4.78, 5) is 29.5. The molecule has 0 aliphatic carbocycles. The van der Waals surface area contributed by atoms with Crippen LogP contribution in [0.25, 0.3) is 10.9 Å². The number of benzene rings is 1. The topological polar surface area (TPSA) is 62.3 Å². The van der Waals surface area contributed by atoms with Gasteiger partial charge in [-0.25, -0.2) is 0 Å². The van der Waals surface area contributed by atoms with E-state index >= 15 is 0 Å². The van der Waals surface area contributed by atoms with E-state index in [1.165, 1.54) is 0 Å². The summed E-state index contributed by atoms with van der Waals surface area (Å²) in [7, 11) is 1.75. The number of nitrogens with one attached hydrogen (secondary N) is 1. The highest BCUT2D eigenvalue weighted by molar-refractivity contribution is 5.90. The van der Waals surface area contributed by atoms with E-state index in [1.807, 2.05) is 30.3 Å². The van der Waals surface area contributed by atoms with Gasteiger partial charge >= 0.3 is 0 Å². The minimum Gasteiger partial charge on any atom is -0.344 e. The fourth-order valence-corrected chi connectivity index (χ4v) is 2.62. The molecule has 1 N–H and O–H groups in total. The van der Waals surface area contributed by atoms with Crippen LogP contribution in [-0.2, 0) is 16.1 Å². The minimum absolute atomic E-state index is 0.0471. The van der Waals surface area contributed by atoms with Crippen molar-refractivity contribution < 1.29 is 9.59 Å². The second-order valence-electron chi connectivity index (χ2n) is 5.39. The number of hydrogen-bond acceptors (Lipinski definition) is 3. The largest absolute Gasteiger partial charge is 0.344 e. The van der Waals surface area contributed by atoms with Crippen molar-refractivity contribution in [1.29, 1.82) is 0 Å². The van der Waals surface area contributed by atoms with Gasteiger partial charge in [0.05, 0.1) is 5.52 Å². The van der Waals surface area contributed by atoms with E-state index < -0.39 is 0 Å². The van der Waals surface area contributed by atoms with Gasteiger partial charge in [0.15, 0.2) is 0 Å². The quantitative estimate of drug-likeness (QED) is 0.928. The van der Waals surface area contributed by atoms with E-state index in [2.05, 4.69) is 10.3 Å². The summed E-state index contributed by atoms with van der Waals surface area (Å²) >= 11 is 0. The molecule has 0 radical (unpaired) electrons. The summed E-state index contributed by atoms with van der Waals surface area (Å²) in [6.45, 7) is 0.489. The van der Waals surface area contributed by atoms with Gasteiger partial charge in [-0.3, -0.25) is 14.6 Å². The molecule has 0 spiro atoms. The van der Waals surface area contributed by atoms with Crippen molar-refractivity contribution in [1.82, 2.24) is 15.2 Å². The van der Waals surface area contributed by atoms with E-state index in [-0.39, 0.29) is 17.9 Å². The number of carbonyl (C=O) groups is 2. The van der Waals surface area contributed by atoms with Crippen LogP contribution in [0.1, 0.15) is 18.4 Å². The zero-order valence-electron chi connectivity index (χ0n) is 11.9. The van der Waals surface area contributed by atoms with Gasteiger partial charge in [0.25, 0.3) is 0 Å². The molecule has 1 aliphatic rings. The smallest absolute Gasteiger partial charge is 0.245 e. The molecule has 1 unspecified atom stereocenters. The lowest BCUT2D eigenvalue weighted by molar-refractivity contribution is -0.133. The van der Waals surface area contributed by atoms with Gasteiger partial charge in [-0.1, -0.05) is 18.2 Å². The summed E-state index contributed by atoms with van der Waals surface area (Å²) in [6.07, 6.45) is 2.80. The highest BCUT2D eigenvalue weighted by Gasteiger charge is 2.29. The standard InChI is InChI=1S/C16H17N3O2/c1-19(16(21)14-6-7-15(20)18-14)10-11-8-12-4-2-3-5-13(12)17-9-11/h2-5,8-9,14H,6-7,10H2,1H3,(H,18,20). The lowest BCUT2D eigenvalue weighted by Gasteiger charge is -2.21. The fraction of sp³-hybridized carbons (Fsp3) is 0.312. The van der Waals surface area contributed by atoms with Crippen molar-refractivity contribution in [2.75, 3.05) is 7.05 Å². The average molecular weight is 283 g/mol. The van der Waals surface area contributed by atoms with Crippen LogP contribution in [0.4, 0.5) is 0 Å². The minimum atomic E-state index is -0.379. The monoisotopic (exact) mass is 283 g/mol. The summed E-state index contributed by atoms with van der Waals surface area (Å²) in [5, 5.41) is 3.76. The molecule has 2 amide bonds. The molecule has 5 heteroatoms. The van der Waals surface area contributed by atoms with Crippen molar-refractivity contribution in [2.24, 2.45) is 0 Å². The van der Waals surface area contributed by atoms with Gasteiger partial charge in [-0.2, -0.15) is 0 Å². The van der Waals surface area contributed by atoms with Crippen LogP contribution < -0.4 is 5.32 Å². The highest BCUT2D eigenvalue weighted by Crippen LogP contribution is 2.15. The van der Waals surface area contributed by atoms with Crippen molar-refractivity contribution >= 4 is 22.7 Å². The SMILES string of the molecule is CN(Cc1cnc2ccccc2c1)C(=O)C1CCC(=O)N1. The van der Waals surface area contributed by atoms with Crippen LogP contribution in [-0.4, -0.2) is 34.8 Å². The number of carbonyl (C=O) groups excluding carboxylic acids is 2. The van der Waals surface area contributed by atoms with E-state index in [0.29, 0.717) is 19.4 Å². The molecule has 1 saturated heterocycles. The second kappa shape index (κ2) is 5.52. The second-order valence-corrected chi connectivity index (χ2v) is 5.39. The number of likely N-dealkylation sites (N-methyl/N-ethyl adjacent to an activating group) is 1. The maximum atomic E-state index is 12.2. The first-order valence-electron chi connectivity index (χ1n) is 7.01. The van der Waals surface area contributed by atoms with Gasteiger partial charge in [0, 0.05) is 31.6 Å². The Morgan fingerprint density at radius 2 is 2.24 bits per heavy atom. The van der Waals surface area contributed by atoms with Gasteiger partial charge in [0.1, 0.15) is 6.04 Å². The number of para-hydroxylation sites is 1. The van der Waals surface area contributed by atoms with Crippen LogP contribution >= 0.6 is 0 Å². The van der Waals surface area contributed by atoms with Crippen LogP contribution in [0.5, 0.6) is 0 Å². The molecular formula is C16H17N3O2. The Morgan fingerprint density at radius 3 is 3.00 bits per heavy atom. The number of fused-ring (bicyclic) bond motifs is 1. The van der Waals surface area contributed by atoms with Gasteiger partial charge in [-0.15, -0.1) is 0 Å². The van der Waals surface area contributed by atoms with Gasteiger partial charge in [0.2, 0.25) is 11.8 Å². The predicted octanol–water partition coefficient (Wildman–Crippen LogP) is 1.47. The van der Waals surface area contributed by atoms with E-state index in [0.717, 1.165) is 16.5 Å². The molecule has 1 aromatic heterocycles. The van der Waals surface area contributed by atoms with E-state index in [4.69, 9.17) is 0 Å². The zero-order valence-corrected chi connectivity index (χ0v) is 11.9. The molecule has 0 saturated carbocycles. The Hall–Kier alpha value is -2.43. The molecule has 1 atom stereocenters. The fourth-order valence-electron chi connectivity index (χ4n) is 2.62. The first-order chi connectivity index (χ1) is 10.1. The Balaban J connectivity index is 1.72. The van der Waals surface area contributed by atoms with Crippen LogP contribution in [0, 0.1) is 0 Å².